The van der Waals surface area contributed by atoms with Crippen molar-refractivity contribution in [1.82, 2.24) is 0 Å². The fourth-order valence-electron chi connectivity index (χ4n) is 2.93. The second-order valence-corrected chi connectivity index (χ2v) is 6.03. The number of methoxy groups -OCH3 is 2. The third kappa shape index (κ3) is 7.81. The zero-order valence-electron chi connectivity index (χ0n) is 14.9. The molecule has 4 nitrogen and oxygen atoms in total. The van der Waals surface area contributed by atoms with Gasteiger partial charge in [0.2, 0.25) is 0 Å². The molecular formula is C18H34O4. The van der Waals surface area contributed by atoms with Gasteiger partial charge in [-0.05, 0) is 25.7 Å². The van der Waals surface area contributed by atoms with Crippen molar-refractivity contribution in [2.45, 2.75) is 84.5 Å². The Hall–Kier alpha value is -1.06. The molecule has 0 spiro atoms. The molecule has 0 aromatic rings. The number of hydrogen-bond acceptors (Lipinski definition) is 4. The van der Waals surface area contributed by atoms with Crippen LogP contribution in [-0.2, 0) is 19.1 Å². The lowest BCUT2D eigenvalue weighted by atomic mass is 9.77. The summed E-state index contributed by atoms with van der Waals surface area (Å²) < 4.78 is 9.59. The number of carbonyl (C=O) groups is 2. The Morgan fingerprint density at radius 1 is 0.773 bits per heavy atom. The Labute approximate surface area is 135 Å². The maximum atomic E-state index is 12.0. The van der Waals surface area contributed by atoms with E-state index >= 15 is 0 Å². The number of unbranched alkanes of at least 4 members (excludes halogenated alkanes) is 6. The van der Waals surface area contributed by atoms with Crippen LogP contribution in [0.4, 0.5) is 0 Å². The average Bonchev–Trinajstić information content (AvgIpc) is 2.56. The zero-order chi connectivity index (χ0) is 16.8. The highest BCUT2D eigenvalue weighted by atomic mass is 16.5. The van der Waals surface area contributed by atoms with Crippen LogP contribution in [0.2, 0.25) is 0 Å². The number of rotatable bonds is 13. The summed E-state index contributed by atoms with van der Waals surface area (Å²) >= 11 is 0. The summed E-state index contributed by atoms with van der Waals surface area (Å²) in [6.07, 6.45) is 11.0. The van der Waals surface area contributed by atoms with Crippen LogP contribution in [-0.4, -0.2) is 26.2 Å². The minimum Gasteiger partial charge on any atom is -0.469 e. The van der Waals surface area contributed by atoms with Crippen LogP contribution in [0.25, 0.3) is 0 Å². The van der Waals surface area contributed by atoms with Crippen molar-refractivity contribution in [3.8, 4) is 0 Å². The quantitative estimate of drug-likeness (QED) is 0.367. The van der Waals surface area contributed by atoms with E-state index in [9.17, 15) is 9.59 Å². The Morgan fingerprint density at radius 2 is 1.27 bits per heavy atom. The van der Waals surface area contributed by atoms with Gasteiger partial charge in [0.1, 0.15) is 0 Å². The maximum Gasteiger partial charge on any atom is 0.311 e. The summed E-state index contributed by atoms with van der Waals surface area (Å²) in [6, 6.07) is 0. The SMILES string of the molecule is CCC(CC)(CCCCCCCCCC(=O)OC)C(=O)OC. The predicted octanol–water partition coefficient (Wildman–Crippen LogP) is 4.65. The van der Waals surface area contributed by atoms with Gasteiger partial charge in [0.05, 0.1) is 19.6 Å². The third-order valence-electron chi connectivity index (χ3n) is 4.74. The molecule has 0 amide bonds. The standard InChI is InChI=1S/C18H34O4/c1-5-18(6-2,17(20)22-4)15-13-11-9-7-8-10-12-14-16(19)21-3/h5-15H2,1-4H3. The molecule has 0 heterocycles. The van der Waals surface area contributed by atoms with E-state index in [0.717, 1.165) is 44.9 Å². The van der Waals surface area contributed by atoms with E-state index in [1.54, 1.807) is 0 Å². The highest BCUT2D eigenvalue weighted by Crippen LogP contribution is 2.34. The van der Waals surface area contributed by atoms with E-state index in [1.165, 1.54) is 33.5 Å². The van der Waals surface area contributed by atoms with Crippen LogP contribution in [0, 0.1) is 5.41 Å². The lowest BCUT2D eigenvalue weighted by Gasteiger charge is -2.28. The second kappa shape index (κ2) is 12.5. The lowest BCUT2D eigenvalue weighted by Crippen LogP contribution is -2.31. The van der Waals surface area contributed by atoms with Crippen molar-refractivity contribution >= 4 is 11.9 Å². The smallest absolute Gasteiger partial charge is 0.311 e. The molecule has 0 aromatic carbocycles. The molecular weight excluding hydrogens is 280 g/mol. The molecule has 0 rings (SSSR count). The number of carbonyl (C=O) groups excluding carboxylic acids is 2. The minimum absolute atomic E-state index is 0.0553. The fraction of sp³-hybridized carbons (Fsp3) is 0.889. The first kappa shape index (κ1) is 20.9. The van der Waals surface area contributed by atoms with Crippen LogP contribution in [0.1, 0.15) is 84.5 Å². The molecule has 4 heteroatoms. The first-order chi connectivity index (χ1) is 10.6. The molecule has 0 aliphatic carbocycles. The third-order valence-corrected chi connectivity index (χ3v) is 4.74. The van der Waals surface area contributed by atoms with Gasteiger partial charge in [-0.15, -0.1) is 0 Å². The highest BCUT2D eigenvalue weighted by Gasteiger charge is 2.35. The normalized spacial score (nSPS) is 11.3. The molecule has 0 saturated carbocycles. The predicted molar refractivity (Wildman–Crippen MR) is 88.6 cm³/mol. The van der Waals surface area contributed by atoms with Crippen LogP contribution in [0.3, 0.4) is 0 Å². The van der Waals surface area contributed by atoms with Crippen molar-refractivity contribution in [3.63, 3.8) is 0 Å². The van der Waals surface area contributed by atoms with Crippen molar-refractivity contribution in [3.05, 3.63) is 0 Å². The van der Waals surface area contributed by atoms with Gasteiger partial charge < -0.3 is 9.47 Å². The highest BCUT2D eigenvalue weighted by molar-refractivity contribution is 5.76. The van der Waals surface area contributed by atoms with Gasteiger partial charge in [0.15, 0.2) is 0 Å². The van der Waals surface area contributed by atoms with E-state index < -0.39 is 0 Å². The molecule has 0 bridgehead atoms. The average molecular weight is 314 g/mol. The summed E-state index contributed by atoms with van der Waals surface area (Å²) in [4.78, 5) is 22.9. The molecule has 0 fully saturated rings. The van der Waals surface area contributed by atoms with Gasteiger partial charge in [-0.1, -0.05) is 52.4 Å². The van der Waals surface area contributed by atoms with E-state index in [0.29, 0.717) is 6.42 Å². The maximum absolute atomic E-state index is 12.0. The summed E-state index contributed by atoms with van der Waals surface area (Å²) in [7, 11) is 2.92. The Morgan fingerprint density at radius 3 is 1.73 bits per heavy atom. The number of ether oxygens (including phenoxy) is 2. The summed E-state index contributed by atoms with van der Waals surface area (Å²) in [5.41, 5.74) is -0.282. The van der Waals surface area contributed by atoms with E-state index in [-0.39, 0.29) is 17.4 Å². The van der Waals surface area contributed by atoms with Crippen molar-refractivity contribution in [2.75, 3.05) is 14.2 Å². The minimum atomic E-state index is -0.282. The van der Waals surface area contributed by atoms with Crippen molar-refractivity contribution in [1.29, 1.82) is 0 Å². The topological polar surface area (TPSA) is 52.6 Å². The Kier molecular flexibility index (Phi) is 11.9. The molecule has 0 saturated heterocycles. The van der Waals surface area contributed by atoms with Gasteiger partial charge in [-0.2, -0.15) is 0 Å². The zero-order valence-corrected chi connectivity index (χ0v) is 14.9. The van der Waals surface area contributed by atoms with Crippen LogP contribution >= 0.6 is 0 Å². The Balaban J connectivity index is 3.70. The largest absolute Gasteiger partial charge is 0.469 e. The number of esters is 2. The number of hydrogen-bond donors (Lipinski definition) is 0. The van der Waals surface area contributed by atoms with Gasteiger partial charge in [-0.3, -0.25) is 9.59 Å². The molecule has 0 aliphatic heterocycles. The van der Waals surface area contributed by atoms with E-state index in [4.69, 9.17) is 4.74 Å². The molecule has 22 heavy (non-hydrogen) atoms. The summed E-state index contributed by atoms with van der Waals surface area (Å²) in [6.45, 7) is 4.14. The van der Waals surface area contributed by atoms with Crippen LogP contribution < -0.4 is 0 Å². The van der Waals surface area contributed by atoms with Crippen molar-refractivity contribution < 1.29 is 19.1 Å². The molecule has 0 radical (unpaired) electrons. The Bertz CT molecular complexity index is 308. The van der Waals surface area contributed by atoms with E-state index in [1.807, 2.05) is 0 Å². The monoisotopic (exact) mass is 314 g/mol. The van der Waals surface area contributed by atoms with Gasteiger partial charge in [0.25, 0.3) is 0 Å². The molecule has 0 aliphatic rings. The first-order valence-corrected chi connectivity index (χ1v) is 8.71. The van der Waals surface area contributed by atoms with Crippen LogP contribution in [0.5, 0.6) is 0 Å². The van der Waals surface area contributed by atoms with Crippen LogP contribution in [0.15, 0.2) is 0 Å². The van der Waals surface area contributed by atoms with Crippen molar-refractivity contribution in [2.24, 2.45) is 5.41 Å². The molecule has 0 N–H and O–H groups in total. The lowest BCUT2D eigenvalue weighted by molar-refractivity contribution is -0.154. The molecule has 0 atom stereocenters. The van der Waals surface area contributed by atoms with Gasteiger partial charge in [0, 0.05) is 6.42 Å². The molecule has 130 valence electrons. The first-order valence-electron chi connectivity index (χ1n) is 8.71. The second-order valence-electron chi connectivity index (χ2n) is 6.03. The van der Waals surface area contributed by atoms with Gasteiger partial charge >= 0.3 is 11.9 Å². The fourth-order valence-corrected chi connectivity index (χ4v) is 2.93. The molecule has 0 aromatic heterocycles. The van der Waals surface area contributed by atoms with Gasteiger partial charge in [-0.25, -0.2) is 0 Å². The van der Waals surface area contributed by atoms with E-state index in [2.05, 4.69) is 18.6 Å². The summed E-state index contributed by atoms with van der Waals surface area (Å²) in [5, 5.41) is 0. The molecule has 0 unspecified atom stereocenters. The summed E-state index contributed by atoms with van der Waals surface area (Å²) in [5.74, 6) is -0.168.